The molecule has 0 aromatic heterocycles. The molecular formula is C16H19BrN2O3. The molecule has 0 unspecified atom stereocenters. The van der Waals surface area contributed by atoms with Crippen molar-refractivity contribution in [2.24, 2.45) is 4.99 Å². The van der Waals surface area contributed by atoms with Gasteiger partial charge in [0.25, 0.3) is 0 Å². The van der Waals surface area contributed by atoms with E-state index < -0.39 is 5.54 Å². The Hall–Kier alpha value is -1.36. The van der Waals surface area contributed by atoms with E-state index in [0.717, 1.165) is 42.4 Å². The maximum Gasteiger partial charge on any atom is 0.235 e. The molecular weight excluding hydrogens is 348 g/mol. The number of rotatable bonds is 5. The van der Waals surface area contributed by atoms with Gasteiger partial charge in [0.2, 0.25) is 6.08 Å². The fraction of sp³-hybridized carbons (Fsp3) is 0.562. The molecule has 0 amide bonds. The largest absolute Gasteiger partial charge is 0.493 e. The van der Waals surface area contributed by atoms with Crippen LogP contribution in [-0.2, 0) is 10.3 Å². The van der Waals surface area contributed by atoms with Crippen LogP contribution in [0.3, 0.4) is 0 Å². The molecule has 1 saturated heterocycles. The fourth-order valence-electron chi connectivity index (χ4n) is 3.11. The summed E-state index contributed by atoms with van der Waals surface area (Å²) in [5.41, 5.74) is 0.409. The molecule has 0 radical (unpaired) electrons. The molecule has 1 aromatic carbocycles. The van der Waals surface area contributed by atoms with E-state index >= 15 is 0 Å². The van der Waals surface area contributed by atoms with Crippen molar-refractivity contribution in [3.63, 3.8) is 0 Å². The molecule has 6 heteroatoms. The first-order valence-corrected chi connectivity index (χ1v) is 8.19. The van der Waals surface area contributed by atoms with E-state index in [1.807, 2.05) is 12.1 Å². The van der Waals surface area contributed by atoms with Crippen LogP contribution in [0.4, 0.5) is 0 Å². The summed E-state index contributed by atoms with van der Waals surface area (Å²) in [6.07, 6.45) is 4.61. The maximum atomic E-state index is 10.9. The van der Waals surface area contributed by atoms with Gasteiger partial charge < -0.3 is 9.47 Å². The first kappa shape index (κ1) is 15.5. The van der Waals surface area contributed by atoms with Crippen molar-refractivity contribution in [3.8, 4) is 11.5 Å². The minimum atomic E-state index is -0.510. The van der Waals surface area contributed by atoms with Crippen LogP contribution in [0.25, 0.3) is 0 Å². The predicted molar refractivity (Wildman–Crippen MR) is 86.3 cm³/mol. The zero-order valence-corrected chi connectivity index (χ0v) is 14.4. The Balaban J connectivity index is 2.03. The molecule has 0 spiro atoms. The standard InChI is InChI=1S/C16H19BrN2O3/c1-19-8-12(9-19)22-15-13(6-11(17)7-14(15)21-2)16(18-10-20)4-3-5-16/h6-7,12H,3-5,8-9H2,1-2H3. The summed E-state index contributed by atoms with van der Waals surface area (Å²) in [6.45, 7) is 1.78. The number of benzene rings is 1. The molecule has 0 atom stereocenters. The summed E-state index contributed by atoms with van der Waals surface area (Å²) in [4.78, 5) is 17.2. The van der Waals surface area contributed by atoms with Crippen LogP contribution in [0, 0.1) is 0 Å². The van der Waals surface area contributed by atoms with E-state index in [-0.39, 0.29) is 6.10 Å². The smallest absolute Gasteiger partial charge is 0.235 e. The zero-order chi connectivity index (χ0) is 15.7. The SMILES string of the molecule is COc1cc(Br)cc(C2(N=C=O)CCC2)c1OC1CN(C)C1. The van der Waals surface area contributed by atoms with Crippen molar-refractivity contribution < 1.29 is 14.3 Å². The summed E-state index contributed by atoms with van der Waals surface area (Å²) in [5, 5.41) is 0. The Kier molecular flexibility index (Phi) is 4.26. The number of halogens is 1. The first-order valence-electron chi connectivity index (χ1n) is 7.40. The lowest BCUT2D eigenvalue weighted by Gasteiger charge is -2.41. The van der Waals surface area contributed by atoms with Gasteiger partial charge in [0.05, 0.1) is 7.11 Å². The van der Waals surface area contributed by atoms with Gasteiger partial charge in [-0.1, -0.05) is 15.9 Å². The Morgan fingerprint density at radius 3 is 2.64 bits per heavy atom. The number of hydrogen-bond donors (Lipinski definition) is 0. The van der Waals surface area contributed by atoms with Gasteiger partial charge in [0.15, 0.2) is 11.5 Å². The van der Waals surface area contributed by atoms with Crippen molar-refractivity contribution >= 4 is 22.0 Å². The van der Waals surface area contributed by atoms with Crippen LogP contribution in [0.5, 0.6) is 11.5 Å². The molecule has 3 rings (SSSR count). The van der Waals surface area contributed by atoms with Gasteiger partial charge in [0, 0.05) is 23.1 Å². The van der Waals surface area contributed by atoms with Gasteiger partial charge >= 0.3 is 0 Å². The molecule has 22 heavy (non-hydrogen) atoms. The third-order valence-corrected chi connectivity index (χ3v) is 4.95. The average molecular weight is 367 g/mol. The number of nitrogens with zero attached hydrogens (tertiary/aromatic N) is 2. The van der Waals surface area contributed by atoms with Crippen molar-refractivity contribution in [3.05, 3.63) is 22.2 Å². The number of aliphatic imine (C=N–C) groups is 1. The number of hydrogen-bond acceptors (Lipinski definition) is 5. The summed E-state index contributed by atoms with van der Waals surface area (Å²) in [7, 11) is 3.69. The van der Waals surface area contributed by atoms with Crippen LogP contribution in [0.2, 0.25) is 0 Å². The lowest BCUT2D eigenvalue weighted by molar-refractivity contribution is 0.0344. The maximum absolute atomic E-state index is 10.9. The second-order valence-electron chi connectivity index (χ2n) is 6.03. The van der Waals surface area contributed by atoms with E-state index in [1.165, 1.54) is 0 Å². The van der Waals surface area contributed by atoms with Crippen LogP contribution < -0.4 is 9.47 Å². The molecule has 1 saturated carbocycles. The molecule has 5 nitrogen and oxygen atoms in total. The second kappa shape index (κ2) is 6.03. The summed E-state index contributed by atoms with van der Waals surface area (Å²) >= 11 is 3.51. The first-order chi connectivity index (χ1) is 10.6. The van der Waals surface area contributed by atoms with Crippen LogP contribution in [0.1, 0.15) is 24.8 Å². The Morgan fingerprint density at radius 1 is 1.41 bits per heavy atom. The van der Waals surface area contributed by atoms with Gasteiger partial charge in [-0.25, -0.2) is 4.79 Å². The molecule has 0 bridgehead atoms. The van der Waals surface area contributed by atoms with Gasteiger partial charge in [-0.05, 0) is 38.4 Å². The van der Waals surface area contributed by atoms with Crippen molar-refractivity contribution in [1.29, 1.82) is 0 Å². The van der Waals surface area contributed by atoms with Gasteiger partial charge in [-0.2, -0.15) is 4.99 Å². The van der Waals surface area contributed by atoms with Crippen molar-refractivity contribution in [2.75, 3.05) is 27.2 Å². The van der Waals surface area contributed by atoms with Crippen LogP contribution >= 0.6 is 15.9 Å². The van der Waals surface area contributed by atoms with Crippen LogP contribution in [-0.4, -0.2) is 44.3 Å². The van der Waals surface area contributed by atoms with Gasteiger partial charge in [-0.15, -0.1) is 0 Å². The summed E-state index contributed by atoms with van der Waals surface area (Å²) in [6, 6.07) is 3.87. The Bertz CT molecular complexity index is 618. The van der Waals surface area contributed by atoms with E-state index in [2.05, 4.69) is 32.9 Å². The highest BCUT2D eigenvalue weighted by Crippen LogP contribution is 2.51. The molecule has 1 aromatic rings. The molecule has 118 valence electrons. The third-order valence-electron chi connectivity index (χ3n) is 4.50. The van der Waals surface area contributed by atoms with E-state index in [0.29, 0.717) is 11.5 Å². The van der Waals surface area contributed by atoms with Crippen molar-refractivity contribution in [2.45, 2.75) is 30.9 Å². The number of likely N-dealkylation sites (N-methyl/N-ethyl adjacent to an activating group) is 1. The number of isocyanates is 1. The summed E-state index contributed by atoms with van der Waals surface area (Å²) < 4.78 is 12.6. The minimum Gasteiger partial charge on any atom is -0.493 e. The molecule has 1 heterocycles. The zero-order valence-electron chi connectivity index (χ0n) is 12.8. The van der Waals surface area contributed by atoms with Crippen molar-refractivity contribution in [1.82, 2.24) is 4.90 Å². The molecule has 1 aliphatic heterocycles. The number of carbonyl (C=O) groups excluding carboxylic acids is 1. The molecule has 0 N–H and O–H groups in total. The molecule has 2 aliphatic rings. The van der Waals surface area contributed by atoms with E-state index in [1.54, 1.807) is 13.2 Å². The molecule has 2 fully saturated rings. The summed E-state index contributed by atoms with van der Waals surface area (Å²) in [5.74, 6) is 1.38. The quantitative estimate of drug-likeness (QED) is 0.593. The Morgan fingerprint density at radius 2 is 2.14 bits per heavy atom. The van der Waals surface area contributed by atoms with Gasteiger partial charge in [0.1, 0.15) is 11.6 Å². The predicted octanol–water partition coefficient (Wildman–Crippen LogP) is 2.87. The number of ether oxygens (including phenoxy) is 2. The lowest BCUT2D eigenvalue weighted by Crippen LogP contribution is -2.51. The third kappa shape index (κ3) is 2.67. The minimum absolute atomic E-state index is 0.149. The topological polar surface area (TPSA) is 51.1 Å². The van der Waals surface area contributed by atoms with Crippen LogP contribution in [0.15, 0.2) is 21.6 Å². The monoisotopic (exact) mass is 366 g/mol. The highest BCUT2D eigenvalue weighted by Gasteiger charge is 2.43. The second-order valence-corrected chi connectivity index (χ2v) is 6.95. The molecule has 1 aliphatic carbocycles. The normalized spacial score (nSPS) is 20.5. The highest BCUT2D eigenvalue weighted by molar-refractivity contribution is 9.10. The fourth-order valence-corrected chi connectivity index (χ4v) is 3.55. The highest BCUT2D eigenvalue weighted by atomic mass is 79.9. The number of likely N-dealkylation sites (tertiary alicyclic amines) is 1. The van der Waals surface area contributed by atoms with E-state index in [9.17, 15) is 4.79 Å². The van der Waals surface area contributed by atoms with E-state index in [4.69, 9.17) is 9.47 Å². The number of methoxy groups -OCH3 is 1. The van der Waals surface area contributed by atoms with Gasteiger partial charge in [-0.3, -0.25) is 4.90 Å². The Labute approximate surface area is 138 Å². The average Bonchev–Trinajstić information content (AvgIpc) is 2.42. The lowest BCUT2D eigenvalue weighted by atomic mass is 9.72.